The van der Waals surface area contributed by atoms with Gasteiger partial charge in [-0.25, -0.2) is 4.98 Å². The van der Waals surface area contributed by atoms with Gasteiger partial charge in [0.25, 0.3) is 0 Å². The molecule has 1 N–H and O–H groups in total. The maximum absolute atomic E-state index is 12.4. The highest BCUT2D eigenvalue weighted by Crippen LogP contribution is 2.16. The van der Waals surface area contributed by atoms with Crippen molar-refractivity contribution in [3.63, 3.8) is 0 Å². The molecular formula is C13H22ClN3OS. The molecule has 19 heavy (non-hydrogen) atoms. The third-order valence-electron chi connectivity index (χ3n) is 3.46. The highest BCUT2D eigenvalue weighted by atomic mass is 35.5. The van der Waals surface area contributed by atoms with E-state index in [1.807, 2.05) is 16.5 Å². The number of hydrogen-bond acceptors (Lipinski definition) is 4. The first-order valence-electron chi connectivity index (χ1n) is 6.69. The number of likely N-dealkylation sites (N-methyl/N-ethyl adjacent to an activating group) is 1. The number of rotatable bonds is 5. The average Bonchev–Trinajstić information content (AvgIpc) is 2.93. The zero-order valence-electron chi connectivity index (χ0n) is 11.3. The van der Waals surface area contributed by atoms with Gasteiger partial charge >= 0.3 is 0 Å². The summed E-state index contributed by atoms with van der Waals surface area (Å²) in [6.45, 7) is 5.60. The predicted molar refractivity (Wildman–Crippen MR) is 80.9 cm³/mol. The average molecular weight is 304 g/mol. The van der Waals surface area contributed by atoms with Crippen molar-refractivity contribution in [2.24, 2.45) is 5.92 Å². The fraction of sp³-hybridized carbons (Fsp3) is 0.692. The minimum absolute atomic E-state index is 0. The summed E-state index contributed by atoms with van der Waals surface area (Å²) < 4.78 is 0. The van der Waals surface area contributed by atoms with Crippen molar-refractivity contribution in [3.05, 3.63) is 16.6 Å². The van der Waals surface area contributed by atoms with Crippen molar-refractivity contribution >= 4 is 29.7 Å². The first-order chi connectivity index (χ1) is 8.81. The van der Waals surface area contributed by atoms with Gasteiger partial charge in [-0.1, -0.05) is 0 Å². The van der Waals surface area contributed by atoms with Crippen LogP contribution in [0.15, 0.2) is 11.6 Å². The molecule has 2 heterocycles. The van der Waals surface area contributed by atoms with Crippen LogP contribution in [-0.4, -0.2) is 42.0 Å². The van der Waals surface area contributed by atoms with Crippen LogP contribution in [-0.2, 0) is 11.2 Å². The highest BCUT2D eigenvalue weighted by Gasteiger charge is 2.24. The number of amides is 1. The van der Waals surface area contributed by atoms with Crippen LogP contribution >= 0.6 is 23.7 Å². The Balaban J connectivity index is 0.00000180. The van der Waals surface area contributed by atoms with Crippen molar-refractivity contribution < 1.29 is 4.79 Å². The molecule has 6 heteroatoms. The topological polar surface area (TPSA) is 45.2 Å². The molecule has 1 aromatic heterocycles. The highest BCUT2D eigenvalue weighted by molar-refractivity contribution is 7.09. The van der Waals surface area contributed by atoms with Crippen LogP contribution in [0, 0.1) is 5.92 Å². The number of nitrogens with one attached hydrogen (secondary N) is 1. The van der Waals surface area contributed by atoms with Gasteiger partial charge in [-0.2, -0.15) is 0 Å². The fourth-order valence-corrected chi connectivity index (χ4v) is 2.97. The van der Waals surface area contributed by atoms with E-state index in [2.05, 4.69) is 17.2 Å². The van der Waals surface area contributed by atoms with Crippen LogP contribution in [0.4, 0.5) is 0 Å². The molecule has 1 fully saturated rings. The second-order valence-corrected chi connectivity index (χ2v) is 5.60. The largest absolute Gasteiger partial charge is 0.342 e. The Hall–Kier alpha value is -0.650. The maximum atomic E-state index is 12.4. The lowest BCUT2D eigenvalue weighted by Crippen LogP contribution is -2.41. The monoisotopic (exact) mass is 303 g/mol. The minimum atomic E-state index is 0. The van der Waals surface area contributed by atoms with Crippen molar-refractivity contribution in [3.8, 4) is 0 Å². The van der Waals surface area contributed by atoms with Gasteiger partial charge in [0.05, 0.1) is 5.01 Å². The Morgan fingerprint density at radius 1 is 1.53 bits per heavy atom. The van der Waals surface area contributed by atoms with Crippen LogP contribution in [0.25, 0.3) is 0 Å². The lowest BCUT2D eigenvalue weighted by Gasteiger charge is -2.28. The zero-order valence-corrected chi connectivity index (χ0v) is 12.9. The number of hydrogen-bond donors (Lipinski definition) is 1. The van der Waals surface area contributed by atoms with Gasteiger partial charge in [0.1, 0.15) is 0 Å². The summed E-state index contributed by atoms with van der Waals surface area (Å²) in [5.74, 6) is 0.554. The molecule has 0 saturated carbocycles. The molecule has 0 spiro atoms. The third kappa shape index (κ3) is 4.75. The normalized spacial score (nSPS) is 15.8. The molecule has 4 nitrogen and oxygen atoms in total. The van der Waals surface area contributed by atoms with Crippen LogP contribution in [0.1, 0.15) is 24.8 Å². The summed E-state index contributed by atoms with van der Waals surface area (Å²) in [7, 11) is 0. The molecule has 108 valence electrons. The Kier molecular flexibility index (Phi) is 7.34. The number of aromatic nitrogens is 1. The van der Waals surface area contributed by atoms with E-state index in [4.69, 9.17) is 0 Å². The van der Waals surface area contributed by atoms with E-state index in [1.165, 1.54) is 0 Å². The Morgan fingerprint density at radius 2 is 2.26 bits per heavy atom. The van der Waals surface area contributed by atoms with Crippen molar-refractivity contribution in [2.45, 2.75) is 26.2 Å². The molecule has 0 bridgehead atoms. The number of piperidine rings is 1. The smallest absolute Gasteiger partial charge is 0.225 e. The van der Waals surface area contributed by atoms with Crippen molar-refractivity contribution in [2.75, 3.05) is 26.2 Å². The van der Waals surface area contributed by atoms with Crippen LogP contribution in [0.2, 0.25) is 0 Å². The molecule has 0 unspecified atom stereocenters. The van der Waals surface area contributed by atoms with Crippen LogP contribution < -0.4 is 5.32 Å². The Morgan fingerprint density at radius 3 is 2.84 bits per heavy atom. The van der Waals surface area contributed by atoms with E-state index in [0.29, 0.717) is 5.91 Å². The zero-order chi connectivity index (χ0) is 12.8. The molecule has 0 atom stereocenters. The number of carbonyl (C=O) groups is 1. The SMILES string of the molecule is CCN(CCc1nccs1)C(=O)C1CCNCC1.Cl. The minimum Gasteiger partial charge on any atom is -0.342 e. The predicted octanol–water partition coefficient (Wildman–Crippen LogP) is 1.96. The number of thiazole rings is 1. The lowest BCUT2D eigenvalue weighted by atomic mass is 9.96. The molecular weight excluding hydrogens is 282 g/mol. The maximum Gasteiger partial charge on any atom is 0.225 e. The van der Waals surface area contributed by atoms with Crippen molar-refractivity contribution in [1.29, 1.82) is 0 Å². The first-order valence-corrected chi connectivity index (χ1v) is 7.57. The van der Waals surface area contributed by atoms with Gasteiger partial charge < -0.3 is 10.2 Å². The summed E-state index contributed by atoms with van der Waals surface area (Å²) >= 11 is 1.66. The van der Waals surface area contributed by atoms with E-state index < -0.39 is 0 Å². The Labute approximate surface area is 125 Å². The van der Waals surface area contributed by atoms with E-state index >= 15 is 0 Å². The van der Waals surface area contributed by atoms with Gasteiger partial charge in [0.2, 0.25) is 5.91 Å². The number of halogens is 1. The molecule has 0 aromatic carbocycles. The molecule has 1 saturated heterocycles. The lowest BCUT2D eigenvalue weighted by molar-refractivity contribution is -0.136. The molecule has 1 aliphatic heterocycles. The van der Waals surface area contributed by atoms with Gasteiger partial charge in [0, 0.05) is 37.0 Å². The van der Waals surface area contributed by atoms with Gasteiger partial charge in [0.15, 0.2) is 0 Å². The summed E-state index contributed by atoms with van der Waals surface area (Å²) in [4.78, 5) is 18.6. The summed E-state index contributed by atoms with van der Waals surface area (Å²) in [5.41, 5.74) is 0. The summed E-state index contributed by atoms with van der Waals surface area (Å²) in [6, 6.07) is 0. The first kappa shape index (κ1) is 16.4. The van der Waals surface area contributed by atoms with Crippen LogP contribution in [0.5, 0.6) is 0 Å². The number of nitrogens with zero attached hydrogens (tertiary/aromatic N) is 2. The van der Waals surface area contributed by atoms with Gasteiger partial charge in [-0.3, -0.25) is 4.79 Å². The van der Waals surface area contributed by atoms with Crippen molar-refractivity contribution in [1.82, 2.24) is 15.2 Å². The third-order valence-corrected chi connectivity index (χ3v) is 4.30. The second-order valence-electron chi connectivity index (χ2n) is 4.62. The molecule has 1 amide bonds. The van der Waals surface area contributed by atoms with E-state index in [-0.39, 0.29) is 18.3 Å². The van der Waals surface area contributed by atoms with E-state index in [1.54, 1.807) is 11.3 Å². The molecule has 1 aromatic rings. The van der Waals surface area contributed by atoms with Gasteiger partial charge in [-0.05, 0) is 32.9 Å². The van der Waals surface area contributed by atoms with Gasteiger partial charge in [-0.15, -0.1) is 23.7 Å². The molecule has 2 rings (SSSR count). The summed E-state index contributed by atoms with van der Waals surface area (Å²) in [6.07, 6.45) is 4.66. The van der Waals surface area contributed by atoms with E-state index in [0.717, 1.165) is 50.4 Å². The van der Waals surface area contributed by atoms with E-state index in [9.17, 15) is 4.79 Å². The molecule has 0 aliphatic carbocycles. The number of carbonyl (C=O) groups excluding carboxylic acids is 1. The standard InChI is InChI=1S/C13H21N3OS.ClH/c1-2-16(9-5-12-15-8-10-18-12)13(17)11-3-6-14-7-4-11;/h8,10-11,14H,2-7,9H2,1H3;1H. The quantitative estimate of drug-likeness (QED) is 0.904. The van der Waals surface area contributed by atoms with Crippen LogP contribution in [0.3, 0.4) is 0 Å². The fourth-order valence-electron chi connectivity index (χ4n) is 2.36. The summed E-state index contributed by atoms with van der Waals surface area (Å²) in [5, 5.41) is 6.41. The second kappa shape index (κ2) is 8.51. The Bertz CT molecular complexity index is 366. The molecule has 1 aliphatic rings. The molecule has 0 radical (unpaired) electrons.